The first kappa shape index (κ1) is 14.9. The summed E-state index contributed by atoms with van der Waals surface area (Å²) in [5.74, 6) is -1.64. The zero-order valence-corrected chi connectivity index (χ0v) is 11.2. The molecule has 1 rings (SSSR count). The fourth-order valence-electron chi connectivity index (χ4n) is 1.48. The number of nitrogens with zero attached hydrogens (tertiary/aromatic N) is 1. The molecule has 0 saturated heterocycles. The number of carbonyl (C=O) groups is 2. The van der Waals surface area contributed by atoms with Crippen LogP contribution in [0.15, 0.2) is 12.1 Å². The van der Waals surface area contributed by atoms with Gasteiger partial charge in [-0.25, -0.2) is 14.6 Å². The van der Waals surface area contributed by atoms with Gasteiger partial charge in [-0.05, 0) is 32.4 Å². The number of carboxylic acid groups (broad SMARTS) is 1. The molecule has 0 saturated carbocycles. The molecule has 0 aliphatic carbocycles. The maximum Gasteiger partial charge on any atom is 0.358 e. The van der Waals surface area contributed by atoms with E-state index in [1.165, 1.54) is 6.07 Å². The van der Waals surface area contributed by atoms with Crippen molar-refractivity contribution in [1.82, 2.24) is 4.98 Å². The van der Waals surface area contributed by atoms with Gasteiger partial charge in [-0.15, -0.1) is 0 Å². The Kier molecular flexibility index (Phi) is 5.29. The van der Waals surface area contributed by atoms with Crippen molar-refractivity contribution >= 4 is 11.9 Å². The average molecular weight is 267 g/mol. The first-order valence-electron chi connectivity index (χ1n) is 6.03. The van der Waals surface area contributed by atoms with E-state index in [-0.39, 0.29) is 18.1 Å². The molecule has 19 heavy (non-hydrogen) atoms. The van der Waals surface area contributed by atoms with Gasteiger partial charge in [0, 0.05) is 5.69 Å². The van der Waals surface area contributed by atoms with Crippen LogP contribution in [0.4, 0.5) is 0 Å². The van der Waals surface area contributed by atoms with Gasteiger partial charge in [-0.2, -0.15) is 0 Å². The summed E-state index contributed by atoms with van der Waals surface area (Å²) in [5.41, 5.74) is 0.358. The smallest absolute Gasteiger partial charge is 0.358 e. The lowest BCUT2D eigenvalue weighted by molar-refractivity contribution is -0.151. The molecule has 1 unspecified atom stereocenters. The Morgan fingerprint density at radius 2 is 2.05 bits per heavy atom. The van der Waals surface area contributed by atoms with Crippen molar-refractivity contribution in [3.63, 3.8) is 0 Å². The summed E-state index contributed by atoms with van der Waals surface area (Å²) in [7, 11) is 0. The fourth-order valence-corrected chi connectivity index (χ4v) is 1.48. The second-order valence-electron chi connectivity index (χ2n) is 3.87. The van der Waals surface area contributed by atoms with Crippen LogP contribution in [-0.2, 0) is 9.53 Å². The van der Waals surface area contributed by atoms with Crippen molar-refractivity contribution in [2.75, 3.05) is 6.61 Å². The quantitative estimate of drug-likeness (QED) is 0.791. The van der Waals surface area contributed by atoms with Gasteiger partial charge in [0.15, 0.2) is 17.5 Å². The summed E-state index contributed by atoms with van der Waals surface area (Å²) < 4.78 is 10.3. The molecule has 0 aromatic carbocycles. The number of pyridine rings is 1. The van der Waals surface area contributed by atoms with Crippen LogP contribution in [0.3, 0.4) is 0 Å². The Hall–Kier alpha value is -2.11. The third-order valence-electron chi connectivity index (χ3n) is 2.39. The number of rotatable bonds is 6. The number of aromatic carboxylic acids is 1. The Labute approximate surface area is 111 Å². The van der Waals surface area contributed by atoms with Crippen LogP contribution < -0.4 is 4.74 Å². The number of esters is 1. The number of carboxylic acids is 1. The maximum atomic E-state index is 11.6. The number of hydrogen-bond acceptors (Lipinski definition) is 5. The van der Waals surface area contributed by atoms with Gasteiger partial charge in [-0.1, -0.05) is 6.92 Å². The Morgan fingerprint density at radius 1 is 1.37 bits per heavy atom. The maximum absolute atomic E-state index is 11.6. The molecule has 6 heteroatoms. The third-order valence-corrected chi connectivity index (χ3v) is 2.39. The van der Waals surface area contributed by atoms with E-state index in [0.717, 1.165) is 0 Å². The summed E-state index contributed by atoms with van der Waals surface area (Å²) in [6, 6.07) is 3.12. The van der Waals surface area contributed by atoms with Crippen molar-refractivity contribution in [2.45, 2.75) is 33.3 Å². The topological polar surface area (TPSA) is 85.7 Å². The molecule has 0 aliphatic rings. The summed E-state index contributed by atoms with van der Waals surface area (Å²) in [5, 5.41) is 9.06. The van der Waals surface area contributed by atoms with Gasteiger partial charge in [0.1, 0.15) is 0 Å². The molecule has 1 atom stereocenters. The number of aryl methyl sites for hydroxylation is 1. The Bertz CT molecular complexity index is 472. The fraction of sp³-hybridized carbons (Fsp3) is 0.462. The molecular formula is C13H17NO5. The minimum absolute atomic E-state index is 0.0676. The van der Waals surface area contributed by atoms with Crippen LogP contribution in [0.1, 0.15) is 36.5 Å². The molecule has 104 valence electrons. The SMILES string of the molecule is CCOC(=O)C(CC)Oc1ccc(C)nc1C(=O)O. The Morgan fingerprint density at radius 3 is 2.58 bits per heavy atom. The molecule has 0 aliphatic heterocycles. The second kappa shape index (κ2) is 6.72. The van der Waals surface area contributed by atoms with Gasteiger partial charge in [0.05, 0.1) is 6.61 Å². The lowest BCUT2D eigenvalue weighted by Crippen LogP contribution is -2.29. The predicted octanol–water partition coefficient (Wildman–Crippen LogP) is 1.81. The predicted molar refractivity (Wildman–Crippen MR) is 67.3 cm³/mol. The van der Waals surface area contributed by atoms with E-state index >= 15 is 0 Å². The van der Waals surface area contributed by atoms with Crippen LogP contribution >= 0.6 is 0 Å². The largest absolute Gasteiger partial charge is 0.476 e. The molecule has 0 amide bonds. The highest BCUT2D eigenvalue weighted by molar-refractivity contribution is 5.88. The molecule has 0 fully saturated rings. The average Bonchev–Trinajstić information content (AvgIpc) is 2.37. The highest BCUT2D eigenvalue weighted by atomic mass is 16.6. The molecule has 1 N–H and O–H groups in total. The highest BCUT2D eigenvalue weighted by Crippen LogP contribution is 2.19. The molecule has 6 nitrogen and oxygen atoms in total. The summed E-state index contributed by atoms with van der Waals surface area (Å²) in [4.78, 5) is 26.6. The van der Waals surface area contributed by atoms with Gasteiger partial charge in [0.2, 0.25) is 0 Å². The lowest BCUT2D eigenvalue weighted by Gasteiger charge is -2.17. The van der Waals surface area contributed by atoms with Crippen molar-refractivity contribution in [3.05, 3.63) is 23.5 Å². The minimum Gasteiger partial charge on any atom is -0.476 e. The molecule has 1 heterocycles. The lowest BCUT2D eigenvalue weighted by atomic mass is 10.2. The number of ether oxygens (including phenoxy) is 2. The molecule has 0 radical (unpaired) electrons. The van der Waals surface area contributed by atoms with Gasteiger partial charge < -0.3 is 14.6 Å². The zero-order valence-electron chi connectivity index (χ0n) is 11.2. The number of carbonyl (C=O) groups excluding carboxylic acids is 1. The molecule has 1 aromatic rings. The van der Waals surface area contributed by atoms with Crippen LogP contribution in [0.25, 0.3) is 0 Å². The highest BCUT2D eigenvalue weighted by Gasteiger charge is 2.23. The van der Waals surface area contributed by atoms with Crippen molar-refractivity contribution in [1.29, 1.82) is 0 Å². The summed E-state index contributed by atoms with van der Waals surface area (Å²) >= 11 is 0. The van der Waals surface area contributed by atoms with Gasteiger partial charge >= 0.3 is 11.9 Å². The number of hydrogen-bond donors (Lipinski definition) is 1. The monoisotopic (exact) mass is 267 g/mol. The van der Waals surface area contributed by atoms with Crippen molar-refractivity contribution < 1.29 is 24.2 Å². The Balaban J connectivity index is 2.97. The second-order valence-corrected chi connectivity index (χ2v) is 3.87. The third kappa shape index (κ3) is 3.94. The van der Waals surface area contributed by atoms with Gasteiger partial charge in [-0.3, -0.25) is 0 Å². The van der Waals surface area contributed by atoms with Crippen molar-refractivity contribution in [2.24, 2.45) is 0 Å². The van der Waals surface area contributed by atoms with E-state index in [9.17, 15) is 9.59 Å². The number of aromatic nitrogens is 1. The van der Waals surface area contributed by atoms with Crippen LogP contribution in [0, 0.1) is 6.92 Å². The summed E-state index contributed by atoms with van der Waals surface area (Å²) in [6.45, 7) is 5.37. The molecular weight excluding hydrogens is 250 g/mol. The molecule has 1 aromatic heterocycles. The van der Waals surface area contributed by atoms with Crippen LogP contribution in [0.2, 0.25) is 0 Å². The first-order valence-corrected chi connectivity index (χ1v) is 6.03. The van der Waals surface area contributed by atoms with E-state index in [4.69, 9.17) is 14.6 Å². The van der Waals surface area contributed by atoms with Gasteiger partial charge in [0.25, 0.3) is 0 Å². The van der Waals surface area contributed by atoms with Crippen LogP contribution in [-0.4, -0.2) is 34.7 Å². The van der Waals surface area contributed by atoms with Crippen molar-refractivity contribution in [3.8, 4) is 5.75 Å². The van der Waals surface area contributed by atoms with Crippen LogP contribution in [0.5, 0.6) is 5.75 Å². The molecule has 0 bridgehead atoms. The van der Waals surface area contributed by atoms with E-state index in [1.807, 2.05) is 0 Å². The summed E-state index contributed by atoms with van der Waals surface area (Å²) in [6.07, 6.45) is -0.450. The first-order chi connectivity index (χ1) is 8.99. The standard InChI is InChI=1S/C13H17NO5/c1-4-9(13(17)18-5-2)19-10-7-6-8(3)14-11(10)12(15)16/h6-7,9H,4-5H2,1-3H3,(H,15,16). The zero-order chi connectivity index (χ0) is 14.4. The van der Waals surface area contributed by atoms with E-state index in [0.29, 0.717) is 12.1 Å². The van der Waals surface area contributed by atoms with E-state index < -0.39 is 18.0 Å². The van der Waals surface area contributed by atoms with E-state index in [1.54, 1.807) is 26.8 Å². The minimum atomic E-state index is -1.20. The van der Waals surface area contributed by atoms with E-state index in [2.05, 4.69) is 4.98 Å². The molecule has 0 spiro atoms. The normalized spacial score (nSPS) is 11.7.